The Balaban J connectivity index is 1.34. The van der Waals surface area contributed by atoms with Crippen LogP contribution in [0.3, 0.4) is 0 Å². The number of carbonyl (C=O) groups excluding carboxylic acids is 3. The lowest BCUT2D eigenvalue weighted by Gasteiger charge is -2.71. The Morgan fingerprint density at radius 1 is 0.875 bits per heavy atom. The van der Waals surface area contributed by atoms with Gasteiger partial charge in [0, 0.05) is 5.92 Å². The second-order valence-corrected chi connectivity index (χ2v) is 18.2. The molecule has 0 aliphatic heterocycles. The van der Waals surface area contributed by atoms with E-state index in [0.29, 0.717) is 19.3 Å². The number of ether oxygens (including phenoxy) is 2. The van der Waals surface area contributed by atoms with Crippen molar-refractivity contribution >= 4 is 23.7 Å². The van der Waals surface area contributed by atoms with Crippen LogP contribution >= 0.6 is 0 Å². The Morgan fingerprint density at radius 3 is 2.19 bits per heavy atom. The minimum absolute atomic E-state index is 0.0109. The quantitative estimate of drug-likeness (QED) is 0.306. The maximum absolute atomic E-state index is 14.8. The third-order valence-corrected chi connectivity index (χ3v) is 15.8. The van der Waals surface area contributed by atoms with Crippen LogP contribution in [0.15, 0.2) is 42.0 Å². The number of carboxylic acid groups (broad SMARTS) is 1. The Hall–Kier alpha value is -2.96. The Bertz CT molecular complexity index is 1540. The number of methoxy groups -OCH3 is 1. The van der Waals surface area contributed by atoms with E-state index in [0.717, 1.165) is 44.1 Å². The van der Waals surface area contributed by atoms with E-state index in [1.54, 1.807) is 0 Å². The number of hydrogen-bond donors (Lipinski definition) is 1. The zero-order chi connectivity index (χ0) is 35.1. The summed E-state index contributed by atoms with van der Waals surface area (Å²) in [5, 5.41) is 10.7. The Labute approximate surface area is 286 Å². The van der Waals surface area contributed by atoms with Crippen LogP contribution in [0.1, 0.15) is 118 Å². The van der Waals surface area contributed by atoms with Gasteiger partial charge in [-0.25, -0.2) is 0 Å². The molecule has 7 nitrogen and oxygen atoms in total. The van der Waals surface area contributed by atoms with Crippen molar-refractivity contribution < 1.29 is 33.8 Å². The van der Waals surface area contributed by atoms with Crippen molar-refractivity contribution in [2.75, 3.05) is 7.11 Å². The van der Waals surface area contributed by atoms with Gasteiger partial charge in [-0.2, -0.15) is 0 Å². The zero-order valence-corrected chi connectivity index (χ0v) is 30.4. The van der Waals surface area contributed by atoms with E-state index >= 15 is 0 Å². The third-order valence-electron chi connectivity index (χ3n) is 15.8. The fourth-order valence-corrected chi connectivity index (χ4v) is 12.4. The van der Waals surface area contributed by atoms with Crippen molar-refractivity contribution in [3.63, 3.8) is 0 Å². The first-order valence-electron chi connectivity index (χ1n) is 18.1. The van der Waals surface area contributed by atoms with Gasteiger partial charge in [-0.3, -0.25) is 19.2 Å². The van der Waals surface area contributed by atoms with Gasteiger partial charge in [0.2, 0.25) is 0 Å². The molecule has 1 aromatic carbocycles. The number of allylic oxidation sites excluding steroid dienone is 2. The summed E-state index contributed by atoms with van der Waals surface area (Å²) >= 11 is 0. The van der Waals surface area contributed by atoms with Gasteiger partial charge >= 0.3 is 17.9 Å². The lowest BCUT2D eigenvalue weighted by molar-refractivity contribution is -0.219. The molecule has 48 heavy (non-hydrogen) atoms. The first-order valence-corrected chi connectivity index (χ1v) is 18.1. The molecule has 0 bridgehead atoms. The van der Waals surface area contributed by atoms with Crippen molar-refractivity contribution in [1.82, 2.24) is 0 Å². The Morgan fingerprint density at radius 2 is 1.54 bits per heavy atom. The molecule has 4 saturated carbocycles. The molecule has 0 spiro atoms. The van der Waals surface area contributed by atoms with Crippen LogP contribution in [0, 0.1) is 55.7 Å². The summed E-state index contributed by atoms with van der Waals surface area (Å²) in [5.74, 6) is -1.65. The lowest BCUT2D eigenvalue weighted by Crippen LogP contribution is -2.68. The number of rotatable bonds is 6. The molecule has 0 radical (unpaired) electrons. The lowest BCUT2D eigenvalue weighted by atomic mass is 9.31. The number of carbonyl (C=O) groups is 4. The van der Waals surface area contributed by atoms with Crippen molar-refractivity contribution in [3.8, 4) is 0 Å². The standard InChI is InChI=1S/C41H56O7/c1-35(2)30-14-15-40(7)32(38(30,5)19-21-41(35,33(44)45)24-31(43)47-8)29(42)22-27-28-23-37(4,17-16-36(28,3)18-20-39(27,40)6)34(46)48-25-26-12-10-9-11-13-26/h9-13,22,28,30,32H,14-21,23-25H2,1-8H3,(H,44,45)/t28-,30+,32+,36+,37-,38-,39+,40+,41+/m0/s1. The molecule has 0 unspecified atom stereocenters. The number of hydrogen-bond acceptors (Lipinski definition) is 6. The van der Waals surface area contributed by atoms with Gasteiger partial charge in [-0.15, -0.1) is 0 Å². The van der Waals surface area contributed by atoms with Gasteiger partial charge < -0.3 is 14.6 Å². The predicted octanol–water partition coefficient (Wildman–Crippen LogP) is 8.34. The van der Waals surface area contributed by atoms with Crippen molar-refractivity contribution in [2.45, 2.75) is 119 Å². The smallest absolute Gasteiger partial charge is 0.312 e. The normalized spacial score (nSPS) is 43.0. The predicted molar refractivity (Wildman–Crippen MR) is 182 cm³/mol. The van der Waals surface area contributed by atoms with E-state index in [4.69, 9.17) is 9.47 Å². The van der Waals surface area contributed by atoms with Crippen LogP contribution in [0.4, 0.5) is 0 Å². The van der Waals surface area contributed by atoms with Gasteiger partial charge in [0.1, 0.15) is 6.61 Å². The molecule has 7 heteroatoms. The average Bonchev–Trinajstić information content (AvgIpc) is 3.03. The van der Waals surface area contributed by atoms with Gasteiger partial charge in [0.15, 0.2) is 5.78 Å². The summed E-state index contributed by atoms with van der Waals surface area (Å²) in [4.78, 5) is 54.2. The minimum atomic E-state index is -1.26. The second-order valence-electron chi connectivity index (χ2n) is 18.2. The topological polar surface area (TPSA) is 107 Å². The van der Waals surface area contributed by atoms with Crippen LogP contribution in [0.5, 0.6) is 0 Å². The van der Waals surface area contributed by atoms with Crippen molar-refractivity contribution in [2.24, 2.45) is 55.7 Å². The molecule has 0 saturated heterocycles. The first kappa shape index (κ1) is 34.9. The average molecular weight is 661 g/mol. The number of benzene rings is 1. The first-order chi connectivity index (χ1) is 22.3. The number of ketones is 1. The van der Waals surface area contributed by atoms with Crippen molar-refractivity contribution in [3.05, 3.63) is 47.5 Å². The molecule has 262 valence electrons. The van der Waals surface area contributed by atoms with Gasteiger partial charge in [0.25, 0.3) is 0 Å². The third kappa shape index (κ3) is 4.71. The molecule has 4 fully saturated rings. The van der Waals surface area contributed by atoms with E-state index in [-0.39, 0.29) is 58.8 Å². The Kier molecular flexibility index (Phi) is 8.20. The summed E-state index contributed by atoms with van der Waals surface area (Å²) < 4.78 is 10.9. The molecule has 1 aromatic rings. The molecule has 0 heterocycles. The highest BCUT2D eigenvalue weighted by Crippen LogP contribution is 2.77. The monoisotopic (exact) mass is 660 g/mol. The van der Waals surface area contributed by atoms with Crippen LogP contribution in [-0.4, -0.2) is 35.9 Å². The second kappa shape index (κ2) is 11.3. The van der Waals surface area contributed by atoms with Crippen LogP contribution in [0.25, 0.3) is 0 Å². The molecular formula is C41H56O7. The molecule has 5 aliphatic carbocycles. The van der Waals surface area contributed by atoms with Crippen LogP contribution in [-0.2, 0) is 35.3 Å². The van der Waals surface area contributed by atoms with E-state index < -0.39 is 33.6 Å². The van der Waals surface area contributed by atoms with E-state index in [1.165, 1.54) is 12.7 Å². The highest BCUT2D eigenvalue weighted by molar-refractivity contribution is 5.96. The van der Waals surface area contributed by atoms with E-state index in [2.05, 4.69) is 34.6 Å². The molecule has 5 aliphatic rings. The SMILES string of the molecule is COC(=O)C[C@@]1(C(=O)O)CC[C@@]2(C)[C@H](CC[C@]3(C)[C@@H]2C(=O)C=C2[C@@H]4C[C@@](C)(C(=O)OCc5ccccc5)CC[C@]4(C)CC[C@]23C)C1(C)C. The highest BCUT2D eigenvalue weighted by Gasteiger charge is 2.73. The molecule has 0 amide bonds. The fourth-order valence-electron chi connectivity index (χ4n) is 12.4. The molecule has 9 atom stereocenters. The summed E-state index contributed by atoms with van der Waals surface area (Å²) in [6.45, 7) is 15.7. The largest absolute Gasteiger partial charge is 0.481 e. The summed E-state index contributed by atoms with van der Waals surface area (Å²) in [5.41, 5.74) is -1.37. The summed E-state index contributed by atoms with van der Waals surface area (Å²) in [6, 6.07) is 9.80. The van der Waals surface area contributed by atoms with E-state index in [1.807, 2.05) is 50.3 Å². The number of fused-ring (bicyclic) bond motifs is 7. The molecule has 0 aromatic heterocycles. The van der Waals surface area contributed by atoms with Crippen molar-refractivity contribution in [1.29, 1.82) is 0 Å². The fraction of sp³-hybridized carbons (Fsp3) is 0.707. The zero-order valence-electron chi connectivity index (χ0n) is 30.4. The highest BCUT2D eigenvalue weighted by atomic mass is 16.5. The number of carboxylic acids is 1. The summed E-state index contributed by atoms with van der Waals surface area (Å²) in [6.07, 6.45) is 8.75. The number of esters is 2. The maximum Gasteiger partial charge on any atom is 0.312 e. The molecule has 1 N–H and O–H groups in total. The van der Waals surface area contributed by atoms with Gasteiger partial charge in [-0.1, -0.05) is 77.4 Å². The molecule has 6 rings (SSSR count). The number of aliphatic carboxylic acids is 1. The van der Waals surface area contributed by atoms with Crippen LogP contribution < -0.4 is 0 Å². The van der Waals surface area contributed by atoms with Crippen LogP contribution in [0.2, 0.25) is 0 Å². The van der Waals surface area contributed by atoms with E-state index in [9.17, 15) is 24.3 Å². The van der Waals surface area contributed by atoms with Gasteiger partial charge in [0.05, 0.1) is 24.4 Å². The summed E-state index contributed by atoms with van der Waals surface area (Å²) in [7, 11) is 1.31. The minimum Gasteiger partial charge on any atom is -0.481 e. The maximum atomic E-state index is 14.8. The van der Waals surface area contributed by atoms with Gasteiger partial charge in [-0.05, 0) is 115 Å². The molecular weight excluding hydrogens is 604 g/mol.